The van der Waals surface area contributed by atoms with Gasteiger partial charge in [0, 0.05) is 24.9 Å². The second kappa shape index (κ2) is 4.73. The topological polar surface area (TPSA) is 35.6 Å². The molecule has 0 saturated heterocycles. The average Bonchev–Trinajstić information content (AvgIpc) is 2.85. The van der Waals surface area contributed by atoms with Crippen molar-refractivity contribution in [3.63, 3.8) is 0 Å². The molecule has 0 spiro atoms. The van der Waals surface area contributed by atoms with E-state index in [1.54, 1.807) is 0 Å². The van der Waals surface area contributed by atoms with Gasteiger partial charge in [0.15, 0.2) is 0 Å². The molecule has 4 nitrogen and oxygen atoms in total. The Hall–Kier alpha value is -1.58. The van der Waals surface area contributed by atoms with E-state index in [1.165, 1.54) is 5.69 Å². The Morgan fingerprint density at radius 1 is 1.35 bits per heavy atom. The Labute approximate surface area is 102 Å². The fourth-order valence-electron chi connectivity index (χ4n) is 2.13. The third-order valence-electron chi connectivity index (χ3n) is 2.88. The van der Waals surface area contributed by atoms with Crippen LogP contribution in [-0.4, -0.2) is 19.3 Å². The smallest absolute Gasteiger partial charge is 0.111 e. The number of aryl methyl sites for hydroxylation is 2. The van der Waals surface area contributed by atoms with Gasteiger partial charge in [0.2, 0.25) is 0 Å². The molecule has 0 aliphatic rings. The van der Waals surface area contributed by atoms with Gasteiger partial charge in [-0.2, -0.15) is 5.10 Å². The molecule has 0 aliphatic carbocycles. The lowest BCUT2D eigenvalue weighted by molar-refractivity contribution is 0.580. The van der Waals surface area contributed by atoms with Crippen LogP contribution in [0.2, 0.25) is 0 Å². The Bertz CT molecular complexity index is 493. The van der Waals surface area contributed by atoms with E-state index < -0.39 is 0 Å². The summed E-state index contributed by atoms with van der Waals surface area (Å²) in [4.78, 5) is 4.41. The Balaban J connectivity index is 2.28. The van der Waals surface area contributed by atoms with Crippen molar-refractivity contribution in [2.45, 2.75) is 46.7 Å². The summed E-state index contributed by atoms with van der Waals surface area (Å²) in [7, 11) is 0. The minimum Gasteiger partial charge on any atom is -0.329 e. The zero-order chi connectivity index (χ0) is 12.4. The Kier molecular flexibility index (Phi) is 3.31. The van der Waals surface area contributed by atoms with E-state index in [4.69, 9.17) is 0 Å². The number of imidazole rings is 1. The minimum atomic E-state index is 0.448. The molecule has 0 unspecified atom stereocenters. The molecular weight excluding hydrogens is 212 g/mol. The summed E-state index contributed by atoms with van der Waals surface area (Å²) in [6.45, 7) is 10.2. The quantitative estimate of drug-likeness (QED) is 0.812. The molecule has 0 amide bonds. The molecule has 2 aromatic heterocycles. The van der Waals surface area contributed by atoms with E-state index in [0.29, 0.717) is 5.92 Å². The summed E-state index contributed by atoms with van der Waals surface area (Å²) in [6.07, 6.45) is 3.91. The third-order valence-corrected chi connectivity index (χ3v) is 2.88. The number of rotatable bonds is 4. The Morgan fingerprint density at radius 2 is 2.12 bits per heavy atom. The fraction of sp³-hybridized carbons (Fsp3) is 0.538. The van der Waals surface area contributed by atoms with Gasteiger partial charge in [-0.25, -0.2) is 4.98 Å². The Morgan fingerprint density at radius 3 is 2.76 bits per heavy atom. The molecule has 0 fully saturated rings. The van der Waals surface area contributed by atoms with Gasteiger partial charge in [-0.05, 0) is 19.9 Å². The molecule has 0 radical (unpaired) electrons. The highest BCUT2D eigenvalue weighted by atomic mass is 15.3. The highest BCUT2D eigenvalue weighted by Gasteiger charge is 2.10. The summed E-state index contributed by atoms with van der Waals surface area (Å²) in [5, 5.41) is 4.47. The van der Waals surface area contributed by atoms with Gasteiger partial charge in [0.05, 0.1) is 17.9 Å². The predicted molar refractivity (Wildman–Crippen MR) is 68.1 cm³/mol. The van der Waals surface area contributed by atoms with E-state index in [9.17, 15) is 0 Å². The molecule has 2 rings (SSSR count). The van der Waals surface area contributed by atoms with E-state index in [0.717, 1.165) is 24.6 Å². The zero-order valence-electron chi connectivity index (χ0n) is 11.0. The van der Waals surface area contributed by atoms with Crippen LogP contribution in [0.1, 0.15) is 43.9 Å². The average molecular weight is 232 g/mol. The molecule has 17 heavy (non-hydrogen) atoms. The van der Waals surface area contributed by atoms with Crippen LogP contribution in [0, 0.1) is 6.92 Å². The van der Waals surface area contributed by atoms with Crippen molar-refractivity contribution in [2.75, 3.05) is 0 Å². The first-order valence-electron chi connectivity index (χ1n) is 6.16. The van der Waals surface area contributed by atoms with Crippen LogP contribution in [-0.2, 0) is 13.1 Å². The summed E-state index contributed by atoms with van der Waals surface area (Å²) in [5.41, 5.74) is 2.32. The number of nitrogens with zero attached hydrogens (tertiary/aromatic N) is 4. The molecule has 0 N–H and O–H groups in total. The van der Waals surface area contributed by atoms with Crippen molar-refractivity contribution in [1.82, 2.24) is 19.3 Å². The fourth-order valence-corrected chi connectivity index (χ4v) is 2.13. The van der Waals surface area contributed by atoms with Crippen LogP contribution in [0.5, 0.6) is 0 Å². The molecule has 0 saturated carbocycles. The van der Waals surface area contributed by atoms with Gasteiger partial charge in [-0.1, -0.05) is 13.8 Å². The number of aromatic nitrogens is 4. The van der Waals surface area contributed by atoms with Crippen molar-refractivity contribution < 1.29 is 0 Å². The monoisotopic (exact) mass is 232 g/mol. The van der Waals surface area contributed by atoms with Gasteiger partial charge in [-0.3, -0.25) is 4.68 Å². The van der Waals surface area contributed by atoms with Gasteiger partial charge in [-0.15, -0.1) is 0 Å². The second-order valence-corrected chi connectivity index (χ2v) is 4.66. The maximum atomic E-state index is 4.47. The molecule has 0 aliphatic heterocycles. The van der Waals surface area contributed by atoms with E-state index in [1.807, 2.05) is 19.3 Å². The van der Waals surface area contributed by atoms with Crippen LogP contribution in [0.25, 0.3) is 0 Å². The summed E-state index contributed by atoms with van der Waals surface area (Å²) in [5.74, 6) is 1.58. The van der Waals surface area contributed by atoms with Gasteiger partial charge in [0.25, 0.3) is 0 Å². The summed E-state index contributed by atoms with van der Waals surface area (Å²) < 4.78 is 4.26. The number of hydrogen-bond donors (Lipinski definition) is 0. The first-order valence-corrected chi connectivity index (χ1v) is 6.16. The lowest BCUT2D eigenvalue weighted by Crippen LogP contribution is -2.10. The third kappa shape index (κ3) is 2.40. The van der Waals surface area contributed by atoms with Crippen molar-refractivity contribution in [3.8, 4) is 0 Å². The number of hydrogen-bond acceptors (Lipinski definition) is 2. The second-order valence-electron chi connectivity index (χ2n) is 4.66. The summed E-state index contributed by atoms with van der Waals surface area (Å²) >= 11 is 0. The summed E-state index contributed by atoms with van der Waals surface area (Å²) in [6, 6.07) is 2.15. The molecule has 0 aromatic carbocycles. The molecular formula is C13H20N4. The van der Waals surface area contributed by atoms with Gasteiger partial charge in [0.1, 0.15) is 5.82 Å². The van der Waals surface area contributed by atoms with Crippen LogP contribution >= 0.6 is 0 Å². The van der Waals surface area contributed by atoms with Crippen LogP contribution in [0.4, 0.5) is 0 Å². The molecule has 0 bridgehead atoms. The van der Waals surface area contributed by atoms with Crippen molar-refractivity contribution in [1.29, 1.82) is 0 Å². The maximum Gasteiger partial charge on any atom is 0.111 e. The predicted octanol–water partition coefficient (Wildman–Crippen LogP) is 2.58. The minimum absolute atomic E-state index is 0.448. The first-order chi connectivity index (χ1) is 8.11. The van der Waals surface area contributed by atoms with E-state index in [-0.39, 0.29) is 0 Å². The van der Waals surface area contributed by atoms with Crippen molar-refractivity contribution >= 4 is 0 Å². The normalized spacial score (nSPS) is 11.4. The van der Waals surface area contributed by atoms with Crippen molar-refractivity contribution in [2.24, 2.45) is 0 Å². The lowest BCUT2D eigenvalue weighted by atomic mass is 10.2. The molecule has 2 heterocycles. The first kappa shape index (κ1) is 11.9. The molecule has 2 aromatic rings. The van der Waals surface area contributed by atoms with Gasteiger partial charge >= 0.3 is 0 Å². The maximum absolute atomic E-state index is 4.47. The largest absolute Gasteiger partial charge is 0.329 e. The van der Waals surface area contributed by atoms with Crippen molar-refractivity contribution in [3.05, 3.63) is 35.7 Å². The van der Waals surface area contributed by atoms with E-state index >= 15 is 0 Å². The van der Waals surface area contributed by atoms with E-state index in [2.05, 4.69) is 46.2 Å². The SMILES string of the molecule is CCn1nc(C)cc1Cn1ccnc1C(C)C. The van der Waals surface area contributed by atoms with Crippen LogP contribution in [0.3, 0.4) is 0 Å². The molecule has 0 atom stereocenters. The van der Waals surface area contributed by atoms with Crippen LogP contribution < -0.4 is 0 Å². The lowest BCUT2D eigenvalue weighted by Gasteiger charge is -2.11. The molecule has 92 valence electrons. The van der Waals surface area contributed by atoms with Gasteiger partial charge < -0.3 is 4.57 Å². The highest BCUT2D eigenvalue weighted by molar-refractivity contribution is 5.11. The molecule has 4 heteroatoms. The zero-order valence-corrected chi connectivity index (χ0v) is 11.0. The highest BCUT2D eigenvalue weighted by Crippen LogP contribution is 2.14. The standard InChI is InChI=1S/C13H20N4/c1-5-17-12(8-11(4)15-17)9-16-7-6-14-13(16)10(2)3/h6-8,10H,5,9H2,1-4H3. The van der Waals surface area contributed by atoms with Crippen LogP contribution in [0.15, 0.2) is 18.5 Å².